The molecule has 1 fully saturated rings. The summed E-state index contributed by atoms with van der Waals surface area (Å²) in [6.07, 6.45) is 3.26. The molecule has 0 aromatic carbocycles. The van der Waals surface area contributed by atoms with Gasteiger partial charge in [0.15, 0.2) is 5.69 Å². The minimum Gasteiger partial charge on any atom is -0.374 e. The zero-order chi connectivity index (χ0) is 12.1. The molecule has 1 unspecified atom stereocenters. The summed E-state index contributed by atoms with van der Waals surface area (Å²) in [5.41, 5.74) is 0.331. The van der Waals surface area contributed by atoms with Gasteiger partial charge in [0.05, 0.1) is 25.1 Å². The summed E-state index contributed by atoms with van der Waals surface area (Å²) in [6.45, 7) is 3.27. The Hall–Kier alpha value is -1.71. The lowest BCUT2D eigenvalue weighted by atomic mass is 10.3. The number of ether oxygens (including phenoxy) is 1. The number of nitriles is 1. The molecule has 0 aliphatic carbocycles. The number of hydrogen-bond donors (Lipinski definition) is 1. The largest absolute Gasteiger partial charge is 0.374 e. The average Bonchev–Trinajstić information content (AvgIpc) is 2.40. The predicted octanol–water partition coefficient (Wildman–Crippen LogP) is -0.227. The van der Waals surface area contributed by atoms with Crippen molar-refractivity contribution in [1.82, 2.24) is 15.3 Å². The smallest absolute Gasteiger partial charge is 0.158 e. The maximum Gasteiger partial charge on any atom is 0.158 e. The van der Waals surface area contributed by atoms with Gasteiger partial charge < -0.3 is 15.0 Å². The van der Waals surface area contributed by atoms with Crippen molar-refractivity contribution in [2.24, 2.45) is 0 Å². The zero-order valence-electron chi connectivity index (χ0n) is 9.76. The number of rotatable bonds is 3. The van der Waals surface area contributed by atoms with E-state index in [9.17, 15) is 0 Å². The quantitative estimate of drug-likeness (QED) is 0.777. The van der Waals surface area contributed by atoms with E-state index >= 15 is 0 Å². The molecule has 1 aromatic rings. The van der Waals surface area contributed by atoms with Crippen LogP contribution in [0.25, 0.3) is 0 Å². The summed E-state index contributed by atoms with van der Waals surface area (Å²) >= 11 is 0. The first kappa shape index (κ1) is 11.8. The number of morpholine rings is 1. The van der Waals surface area contributed by atoms with Gasteiger partial charge >= 0.3 is 0 Å². The highest BCUT2D eigenvalue weighted by molar-refractivity contribution is 5.36. The lowest BCUT2D eigenvalue weighted by Gasteiger charge is -2.28. The molecule has 0 saturated carbocycles. The molecule has 0 radical (unpaired) electrons. The highest BCUT2D eigenvalue weighted by atomic mass is 16.5. The lowest BCUT2D eigenvalue weighted by molar-refractivity contribution is 0.0339. The van der Waals surface area contributed by atoms with Crippen molar-refractivity contribution < 1.29 is 4.74 Å². The summed E-state index contributed by atoms with van der Waals surface area (Å²) in [6, 6.07) is 1.95. The molecule has 1 saturated heterocycles. The minimum atomic E-state index is 0.172. The monoisotopic (exact) mass is 233 g/mol. The van der Waals surface area contributed by atoms with Crippen LogP contribution < -0.4 is 10.2 Å². The van der Waals surface area contributed by atoms with Crippen LogP contribution in [0, 0.1) is 11.3 Å². The summed E-state index contributed by atoms with van der Waals surface area (Å²) in [7, 11) is 1.94. The second-order valence-corrected chi connectivity index (χ2v) is 3.95. The highest BCUT2D eigenvalue weighted by Gasteiger charge is 2.16. The van der Waals surface area contributed by atoms with E-state index in [4.69, 9.17) is 10.00 Å². The maximum atomic E-state index is 8.63. The van der Waals surface area contributed by atoms with Gasteiger partial charge in [0.25, 0.3) is 0 Å². The van der Waals surface area contributed by atoms with Gasteiger partial charge in [0.1, 0.15) is 11.9 Å². The molecule has 6 nitrogen and oxygen atoms in total. The van der Waals surface area contributed by atoms with Gasteiger partial charge in [-0.3, -0.25) is 0 Å². The predicted molar refractivity (Wildman–Crippen MR) is 62.6 cm³/mol. The Morgan fingerprint density at radius 2 is 2.47 bits per heavy atom. The van der Waals surface area contributed by atoms with Crippen molar-refractivity contribution >= 4 is 5.82 Å². The van der Waals surface area contributed by atoms with Gasteiger partial charge in [0, 0.05) is 26.7 Å². The molecule has 90 valence electrons. The van der Waals surface area contributed by atoms with Crippen LogP contribution in [0.2, 0.25) is 0 Å². The molecule has 1 aliphatic rings. The van der Waals surface area contributed by atoms with Crippen LogP contribution in [0.1, 0.15) is 5.69 Å². The van der Waals surface area contributed by atoms with Crippen LogP contribution in [0.3, 0.4) is 0 Å². The van der Waals surface area contributed by atoms with E-state index in [2.05, 4.69) is 15.3 Å². The van der Waals surface area contributed by atoms with Gasteiger partial charge in [-0.05, 0) is 0 Å². The van der Waals surface area contributed by atoms with Crippen molar-refractivity contribution in [2.75, 3.05) is 38.2 Å². The number of likely N-dealkylation sites (N-methyl/N-ethyl adjacent to an activating group) is 1. The van der Waals surface area contributed by atoms with Crippen molar-refractivity contribution in [3.63, 3.8) is 0 Å². The first-order valence-corrected chi connectivity index (χ1v) is 5.55. The average molecular weight is 233 g/mol. The van der Waals surface area contributed by atoms with Crippen molar-refractivity contribution in [3.8, 4) is 6.07 Å². The maximum absolute atomic E-state index is 8.63. The molecule has 2 heterocycles. The molecule has 2 rings (SSSR count). The SMILES string of the molecule is CN(CC1CNCCO1)c1cnc(C#N)cn1. The van der Waals surface area contributed by atoms with E-state index in [0.29, 0.717) is 5.69 Å². The fraction of sp³-hybridized carbons (Fsp3) is 0.545. The van der Waals surface area contributed by atoms with Crippen LogP contribution in [0.15, 0.2) is 12.4 Å². The number of nitrogens with zero attached hydrogens (tertiary/aromatic N) is 4. The molecule has 0 amide bonds. The Balaban J connectivity index is 1.94. The summed E-state index contributed by atoms with van der Waals surface area (Å²) in [5, 5.41) is 11.9. The van der Waals surface area contributed by atoms with Crippen LogP contribution in [-0.2, 0) is 4.74 Å². The van der Waals surface area contributed by atoms with Gasteiger partial charge in [-0.1, -0.05) is 0 Å². The van der Waals surface area contributed by atoms with Crippen molar-refractivity contribution in [2.45, 2.75) is 6.10 Å². The molecule has 1 N–H and O–H groups in total. The Morgan fingerprint density at radius 3 is 3.06 bits per heavy atom. The first-order valence-electron chi connectivity index (χ1n) is 5.55. The molecule has 1 atom stereocenters. The van der Waals surface area contributed by atoms with Crippen LogP contribution in [0.4, 0.5) is 5.82 Å². The second kappa shape index (κ2) is 5.57. The standard InChI is InChI=1S/C11H15N5O/c1-16(8-10-6-13-2-3-17-10)11-7-14-9(4-12)5-15-11/h5,7,10,13H,2-3,6,8H2,1H3. The topological polar surface area (TPSA) is 74.1 Å². The number of aromatic nitrogens is 2. The normalized spacial score (nSPS) is 19.6. The molecule has 17 heavy (non-hydrogen) atoms. The van der Waals surface area contributed by atoms with E-state index in [-0.39, 0.29) is 6.10 Å². The van der Waals surface area contributed by atoms with Crippen LogP contribution in [0.5, 0.6) is 0 Å². The molecular weight excluding hydrogens is 218 g/mol. The molecule has 0 spiro atoms. The molecular formula is C11H15N5O. The van der Waals surface area contributed by atoms with E-state index in [0.717, 1.165) is 32.1 Å². The number of hydrogen-bond acceptors (Lipinski definition) is 6. The van der Waals surface area contributed by atoms with Gasteiger partial charge in [-0.2, -0.15) is 5.26 Å². The Bertz CT molecular complexity index is 393. The number of anilines is 1. The van der Waals surface area contributed by atoms with E-state index in [1.807, 2.05) is 18.0 Å². The van der Waals surface area contributed by atoms with E-state index in [1.165, 1.54) is 6.20 Å². The van der Waals surface area contributed by atoms with E-state index < -0.39 is 0 Å². The van der Waals surface area contributed by atoms with Crippen molar-refractivity contribution in [1.29, 1.82) is 5.26 Å². The number of nitrogens with one attached hydrogen (secondary N) is 1. The van der Waals surface area contributed by atoms with Crippen molar-refractivity contribution in [3.05, 3.63) is 18.1 Å². The third-order valence-electron chi connectivity index (χ3n) is 2.63. The summed E-state index contributed by atoms with van der Waals surface area (Å²) in [5.74, 6) is 0.748. The fourth-order valence-corrected chi connectivity index (χ4v) is 1.71. The summed E-state index contributed by atoms with van der Waals surface area (Å²) < 4.78 is 5.61. The first-order chi connectivity index (χ1) is 8.29. The Morgan fingerprint density at radius 1 is 1.59 bits per heavy atom. The fourth-order valence-electron chi connectivity index (χ4n) is 1.71. The van der Waals surface area contributed by atoms with Gasteiger partial charge in [-0.25, -0.2) is 9.97 Å². The zero-order valence-corrected chi connectivity index (χ0v) is 9.76. The van der Waals surface area contributed by atoms with Gasteiger partial charge in [-0.15, -0.1) is 0 Å². The molecule has 0 bridgehead atoms. The Labute approximate surface area is 100 Å². The van der Waals surface area contributed by atoms with Crippen LogP contribution >= 0.6 is 0 Å². The summed E-state index contributed by atoms with van der Waals surface area (Å²) in [4.78, 5) is 10.1. The molecule has 1 aromatic heterocycles. The third-order valence-corrected chi connectivity index (χ3v) is 2.63. The lowest BCUT2D eigenvalue weighted by Crippen LogP contribution is -2.44. The highest BCUT2D eigenvalue weighted by Crippen LogP contribution is 2.08. The minimum absolute atomic E-state index is 0.172. The third kappa shape index (κ3) is 3.12. The Kier molecular flexibility index (Phi) is 3.85. The van der Waals surface area contributed by atoms with Crippen LogP contribution in [-0.4, -0.2) is 49.4 Å². The van der Waals surface area contributed by atoms with E-state index in [1.54, 1.807) is 6.20 Å². The molecule has 6 heteroatoms. The molecule has 1 aliphatic heterocycles. The van der Waals surface area contributed by atoms with Gasteiger partial charge in [0.2, 0.25) is 0 Å². The second-order valence-electron chi connectivity index (χ2n) is 3.95.